The Balaban J connectivity index is 2.53. The monoisotopic (exact) mass is 219 g/mol. The summed E-state index contributed by atoms with van der Waals surface area (Å²) in [5, 5.41) is 9.42. The second-order valence-corrected chi connectivity index (χ2v) is 4.73. The third kappa shape index (κ3) is 1.35. The van der Waals surface area contributed by atoms with Crippen molar-refractivity contribution >= 4 is 5.97 Å². The van der Waals surface area contributed by atoms with Gasteiger partial charge in [0.15, 0.2) is 0 Å². The highest BCUT2D eigenvalue weighted by atomic mass is 16.4. The number of nitrogens with zero attached hydrogens (tertiary/aromatic N) is 1. The van der Waals surface area contributed by atoms with Crippen molar-refractivity contribution in [3.05, 3.63) is 35.4 Å². The molecule has 1 heterocycles. The molecule has 2 atom stereocenters. The second kappa shape index (κ2) is 3.59. The molecule has 3 heteroatoms. The van der Waals surface area contributed by atoms with Crippen LogP contribution in [0.5, 0.6) is 0 Å². The maximum atomic E-state index is 11.5. The van der Waals surface area contributed by atoms with Crippen molar-refractivity contribution in [1.82, 2.24) is 4.90 Å². The van der Waals surface area contributed by atoms with Crippen LogP contribution in [-0.2, 0) is 11.3 Å². The van der Waals surface area contributed by atoms with Gasteiger partial charge in [-0.15, -0.1) is 0 Å². The molecule has 0 spiro atoms. The number of aliphatic carboxylic acids is 1. The van der Waals surface area contributed by atoms with E-state index in [0.29, 0.717) is 6.54 Å². The lowest BCUT2D eigenvalue weighted by Crippen LogP contribution is -2.56. The fourth-order valence-corrected chi connectivity index (χ4v) is 2.50. The predicted octanol–water partition coefficient (Wildman–Crippen LogP) is 2.08. The van der Waals surface area contributed by atoms with E-state index in [1.54, 1.807) is 6.92 Å². The summed E-state index contributed by atoms with van der Waals surface area (Å²) in [6, 6.07) is 8.09. The van der Waals surface area contributed by atoms with Crippen LogP contribution in [0.2, 0.25) is 0 Å². The normalized spacial score (nSPS) is 29.8. The van der Waals surface area contributed by atoms with Gasteiger partial charge in [-0.25, -0.2) is 0 Å². The van der Waals surface area contributed by atoms with E-state index in [0.717, 1.165) is 5.56 Å². The van der Waals surface area contributed by atoms with Crippen molar-refractivity contribution in [2.24, 2.45) is 0 Å². The van der Waals surface area contributed by atoms with E-state index in [1.165, 1.54) is 5.56 Å². The molecule has 0 aliphatic carbocycles. The molecule has 0 radical (unpaired) electrons. The molecule has 0 unspecified atom stereocenters. The molecule has 0 aromatic heterocycles. The number of benzene rings is 1. The molecule has 0 fully saturated rings. The highest BCUT2D eigenvalue weighted by Gasteiger charge is 2.46. The Kier molecular flexibility index (Phi) is 2.50. The van der Waals surface area contributed by atoms with Crippen molar-refractivity contribution in [3.8, 4) is 0 Å². The zero-order valence-corrected chi connectivity index (χ0v) is 9.90. The standard InChI is InChI=1S/C13H17NO2/c1-9-11-7-5-4-6-10(11)8-14(3)13(9,2)12(15)16/h4-7,9H,8H2,1-3H3,(H,15,16)/t9-,13-/m0/s1. The van der Waals surface area contributed by atoms with Gasteiger partial charge in [-0.1, -0.05) is 31.2 Å². The Hall–Kier alpha value is -1.35. The van der Waals surface area contributed by atoms with E-state index in [9.17, 15) is 9.90 Å². The molecule has 1 N–H and O–H groups in total. The SMILES string of the molecule is C[C@H]1c2ccccc2CN(C)[C@]1(C)C(=O)O. The number of carboxylic acids is 1. The second-order valence-electron chi connectivity index (χ2n) is 4.73. The van der Waals surface area contributed by atoms with E-state index in [4.69, 9.17) is 0 Å². The summed E-state index contributed by atoms with van der Waals surface area (Å²) in [5.41, 5.74) is 1.58. The molecule has 1 aliphatic rings. The van der Waals surface area contributed by atoms with Crippen LogP contribution >= 0.6 is 0 Å². The average molecular weight is 219 g/mol. The van der Waals surface area contributed by atoms with Gasteiger partial charge in [0.1, 0.15) is 5.54 Å². The van der Waals surface area contributed by atoms with Crippen molar-refractivity contribution < 1.29 is 9.90 Å². The summed E-state index contributed by atoms with van der Waals surface area (Å²) in [5.74, 6) is -0.753. The number of hydrogen-bond acceptors (Lipinski definition) is 2. The quantitative estimate of drug-likeness (QED) is 0.786. The largest absolute Gasteiger partial charge is 0.480 e. The fourth-order valence-electron chi connectivity index (χ4n) is 2.50. The molecule has 0 amide bonds. The number of hydrogen-bond donors (Lipinski definition) is 1. The maximum Gasteiger partial charge on any atom is 0.324 e. The van der Waals surface area contributed by atoms with Gasteiger partial charge < -0.3 is 5.11 Å². The van der Waals surface area contributed by atoms with Gasteiger partial charge in [-0.05, 0) is 25.1 Å². The van der Waals surface area contributed by atoms with Gasteiger partial charge in [0.05, 0.1) is 0 Å². The van der Waals surface area contributed by atoms with Crippen LogP contribution in [0.3, 0.4) is 0 Å². The zero-order valence-electron chi connectivity index (χ0n) is 9.90. The molecule has 1 aromatic rings. The van der Waals surface area contributed by atoms with E-state index < -0.39 is 11.5 Å². The molecular weight excluding hydrogens is 202 g/mol. The molecule has 1 aromatic carbocycles. The molecule has 1 aliphatic heterocycles. The minimum absolute atomic E-state index is 0.0000463. The van der Waals surface area contributed by atoms with Crippen LogP contribution in [0, 0.1) is 0 Å². The third-order valence-corrected chi connectivity index (χ3v) is 4.00. The topological polar surface area (TPSA) is 40.5 Å². The van der Waals surface area contributed by atoms with Crippen molar-refractivity contribution in [1.29, 1.82) is 0 Å². The van der Waals surface area contributed by atoms with Gasteiger partial charge in [0.25, 0.3) is 0 Å². The van der Waals surface area contributed by atoms with Crippen molar-refractivity contribution in [3.63, 3.8) is 0 Å². The highest BCUT2D eigenvalue weighted by molar-refractivity contribution is 5.80. The van der Waals surface area contributed by atoms with E-state index in [2.05, 4.69) is 6.07 Å². The lowest BCUT2D eigenvalue weighted by atomic mass is 9.75. The van der Waals surface area contributed by atoms with Crippen LogP contribution < -0.4 is 0 Å². The summed E-state index contributed by atoms with van der Waals surface area (Å²) in [7, 11) is 1.88. The Morgan fingerprint density at radius 3 is 2.75 bits per heavy atom. The Labute approximate surface area is 95.7 Å². The lowest BCUT2D eigenvalue weighted by molar-refractivity contribution is -0.152. The van der Waals surface area contributed by atoms with Crippen molar-refractivity contribution in [2.45, 2.75) is 31.8 Å². The van der Waals surface area contributed by atoms with Gasteiger partial charge in [-0.2, -0.15) is 0 Å². The average Bonchev–Trinajstić information content (AvgIpc) is 2.26. The van der Waals surface area contributed by atoms with Crippen LogP contribution in [0.1, 0.15) is 30.9 Å². The molecular formula is C13H17NO2. The van der Waals surface area contributed by atoms with Crippen LogP contribution in [0.25, 0.3) is 0 Å². The lowest BCUT2D eigenvalue weighted by Gasteiger charge is -2.44. The number of carboxylic acid groups (broad SMARTS) is 1. The van der Waals surface area contributed by atoms with Gasteiger partial charge >= 0.3 is 5.97 Å². The number of likely N-dealkylation sites (N-methyl/N-ethyl adjacent to an activating group) is 1. The van der Waals surface area contributed by atoms with Crippen LogP contribution in [-0.4, -0.2) is 28.6 Å². The Morgan fingerprint density at radius 1 is 1.50 bits per heavy atom. The molecule has 86 valence electrons. The summed E-state index contributed by atoms with van der Waals surface area (Å²) < 4.78 is 0. The minimum Gasteiger partial charge on any atom is -0.480 e. The number of carbonyl (C=O) groups is 1. The van der Waals surface area contributed by atoms with E-state index >= 15 is 0 Å². The zero-order chi connectivity index (χ0) is 11.9. The summed E-state index contributed by atoms with van der Waals surface area (Å²) in [4.78, 5) is 13.4. The first-order valence-corrected chi connectivity index (χ1v) is 5.50. The first-order chi connectivity index (χ1) is 7.48. The first kappa shape index (κ1) is 11.1. The number of fused-ring (bicyclic) bond motifs is 1. The predicted molar refractivity (Wildman–Crippen MR) is 62.4 cm³/mol. The fraction of sp³-hybridized carbons (Fsp3) is 0.462. The summed E-state index contributed by atoms with van der Waals surface area (Å²) >= 11 is 0. The Morgan fingerprint density at radius 2 is 2.12 bits per heavy atom. The molecule has 0 bridgehead atoms. The molecule has 2 rings (SSSR count). The molecule has 3 nitrogen and oxygen atoms in total. The Bertz CT molecular complexity index is 430. The molecule has 16 heavy (non-hydrogen) atoms. The highest BCUT2D eigenvalue weighted by Crippen LogP contribution is 2.39. The molecule has 0 saturated carbocycles. The first-order valence-electron chi connectivity index (χ1n) is 5.50. The van der Waals surface area contributed by atoms with Gasteiger partial charge in [-0.3, -0.25) is 9.69 Å². The van der Waals surface area contributed by atoms with Crippen molar-refractivity contribution in [2.75, 3.05) is 7.05 Å². The number of rotatable bonds is 1. The molecule has 0 saturated heterocycles. The van der Waals surface area contributed by atoms with Gasteiger partial charge in [0.2, 0.25) is 0 Å². The van der Waals surface area contributed by atoms with E-state index in [1.807, 2.05) is 37.1 Å². The maximum absolute atomic E-state index is 11.5. The van der Waals surface area contributed by atoms with Gasteiger partial charge in [0, 0.05) is 12.5 Å². The van der Waals surface area contributed by atoms with E-state index in [-0.39, 0.29) is 5.92 Å². The van der Waals surface area contributed by atoms with Crippen LogP contribution in [0.4, 0.5) is 0 Å². The van der Waals surface area contributed by atoms with Crippen LogP contribution in [0.15, 0.2) is 24.3 Å². The smallest absolute Gasteiger partial charge is 0.324 e. The summed E-state index contributed by atoms with van der Waals surface area (Å²) in [6.45, 7) is 4.49. The summed E-state index contributed by atoms with van der Waals surface area (Å²) in [6.07, 6.45) is 0. The third-order valence-electron chi connectivity index (χ3n) is 4.00. The minimum atomic E-state index is -0.811.